The van der Waals surface area contributed by atoms with E-state index < -0.39 is 5.41 Å². The molecule has 13 nitrogen and oxygen atoms in total. The normalized spacial score (nSPS) is 26.4. The third-order valence-electron chi connectivity index (χ3n) is 16.2. The van der Waals surface area contributed by atoms with Crippen LogP contribution in [0.5, 0.6) is 0 Å². The van der Waals surface area contributed by atoms with Crippen LogP contribution in [0, 0.1) is 58.2 Å². The van der Waals surface area contributed by atoms with Crippen molar-refractivity contribution in [1.82, 2.24) is 5.32 Å². The molecule has 0 aliphatic heterocycles. The number of carbonyl (C=O) groups is 6. The molecule has 4 rings (SSSR count). The zero-order chi connectivity index (χ0) is 50.9. The first kappa shape index (κ1) is 61.9. The highest BCUT2D eigenvalue weighted by atomic mass is 16.6. The molecule has 0 aromatic heterocycles. The van der Waals surface area contributed by atoms with Gasteiger partial charge in [-0.15, -0.1) is 0 Å². The first-order chi connectivity index (χ1) is 33.0. The van der Waals surface area contributed by atoms with Gasteiger partial charge in [-0.05, 0) is 99.3 Å². The first-order valence-corrected chi connectivity index (χ1v) is 27.5. The highest BCUT2D eigenvalue weighted by Gasteiger charge is 2.32. The van der Waals surface area contributed by atoms with Gasteiger partial charge in [0, 0.05) is 31.2 Å². The number of carbonyl (C=O) groups excluding carboxylic acids is 4. The van der Waals surface area contributed by atoms with Gasteiger partial charge in [-0.2, -0.15) is 0 Å². The monoisotopic (exact) mass is 978 g/mol. The second kappa shape index (κ2) is 35.8. The van der Waals surface area contributed by atoms with Crippen LogP contribution in [0.15, 0.2) is 0 Å². The van der Waals surface area contributed by atoms with Gasteiger partial charge in [0.25, 0.3) is 12.9 Å². The molecule has 4 aliphatic carbocycles. The van der Waals surface area contributed by atoms with Crippen LogP contribution in [-0.4, -0.2) is 86.6 Å². The van der Waals surface area contributed by atoms with Crippen LogP contribution in [-0.2, 0) is 47.7 Å². The van der Waals surface area contributed by atoms with E-state index in [-0.39, 0.29) is 68.5 Å². The molecular formula is C56H99NO12. The average Bonchev–Trinajstić information content (AvgIpc) is 3.33. The Kier molecular flexibility index (Phi) is 32.1. The van der Waals surface area contributed by atoms with Crippen molar-refractivity contribution in [3.8, 4) is 0 Å². The van der Waals surface area contributed by atoms with Crippen LogP contribution in [0.1, 0.15) is 221 Å². The van der Waals surface area contributed by atoms with Crippen LogP contribution in [0.2, 0.25) is 0 Å². The van der Waals surface area contributed by atoms with E-state index in [1.54, 1.807) is 0 Å². The Morgan fingerprint density at radius 2 is 0.710 bits per heavy atom. The highest BCUT2D eigenvalue weighted by molar-refractivity contribution is 5.71. The molecule has 4 saturated carbocycles. The predicted molar refractivity (Wildman–Crippen MR) is 270 cm³/mol. The van der Waals surface area contributed by atoms with Gasteiger partial charge in [0.05, 0.1) is 18.4 Å². The number of carboxylic acid groups (broad SMARTS) is 2. The second-order valence-electron chi connectivity index (χ2n) is 23.1. The largest absolute Gasteiger partial charge is 0.483 e. The molecular weight excluding hydrogens is 879 g/mol. The van der Waals surface area contributed by atoms with Gasteiger partial charge < -0.3 is 34.5 Å². The van der Waals surface area contributed by atoms with Crippen molar-refractivity contribution in [2.24, 2.45) is 58.2 Å². The molecule has 0 aromatic rings. The maximum atomic E-state index is 13.0. The molecule has 69 heavy (non-hydrogen) atoms. The quantitative estimate of drug-likeness (QED) is 0.0291. The summed E-state index contributed by atoms with van der Waals surface area (Å²) in [6.45, 7) is 14.8. The molecule has 0 amide bonds. The van der Waals surface area contributed by atoms with E-state index in [0.717, 1.165) is 74.7 Å². The third kappa shape index (κ3) is 29.7. The van der Waals surface area contributed by atoms with Crippen molar-refractivity contribution in [1.29, 1.82) is 0 Å². The zero-order valence-corrected chi connectivity index (χ0v) is 44.3. The Labute approximate surface area is 417 Å². The molecule has 0 heterocycles. The molecule has 4 fully saturated rings. The van der Waals surface area contributed by atoms with E-state index in [1.165, 1.54) is 116 Å². The molecule has 0 aromatic carbocycles. The number of hydrogen-bond acceptors (Lipinski definition) is 11. The Bertz CT molecular complexity index is 1360. The lowest BCUT2D eigenvalue weighted by Gasteiger charge is -2.31. The molecule has 0 radical (unpaired) electrons. The van der Waals surface area contributed by atoms with Crippen LogP contribution in [0.25, 0.3) is 0 Å². The summed E-state index contributed by atoms with van der Waals surface area (Å²) in [6.07, 6.45) is 29.5. The minimum absolute atomic E-state index is 0.00421. The molecule has 0 saturated heterocycles. The van der Waals surface area contributed by atoms with E-state index in [4.69, 9.17) is 38.7 Å². The fourth-order valence-electron chi connectivity index (χ4n) is 10.9. The fraction of sp³-hybridized carbons (Fsp3) is 0.893. The van der Waals surface area contributed by atoms with Gasteiger partial charge in [-0.1, -0.05) is 150 Å². The summed E-state index contributed by atoms with van der Waals surface area (Å²) in [4.78, 5) is 68.4. The molecule has 4 aliphatic rings. The summed E-state index contributed by atoms with van der Waals surface area (Å²) in [7, 11) is 0. The van der Waals surface area contributed by atoms with Gasteiger partial charge in [0.2, 0.25) is 0 Å². The maximum absolute atomic E-state index is 13.0. The van der Waals surface area contributed by atoms with Gasteiger partial charge in [-0.3, -0.25) is 28.8 Å². The van der Waals surface area contributed by atoms with Crippen LogP contribution in [0.4, 0.5) is 0 Å². The lowest BCUT2D eigenvalue weighted by Crippen LogP contribution is -2.37. The number of ether oxygens (including phenoxy) is 4. The molecule has 3 N–H and O–H groups in total. The molecule has 0 bridgehead atoms. The van der Waals surface area contributed by atoms with Crippen molar-refractivity contribution in [2.45, 2.75) is 221 Å². The van der Waals surface area contributed by atoms with E-state index >= 15 is 0 Å². The summed E-state index contributed by atoms with van der Waals surface area (Å²) >= 11 is 0. The van der Waals surface area contributed by atoms with Crippen LogP contribution < -0.4 is 5.32 Å². The average molecular weight is 978 g/mol. The number of esters is 4. The first-order valence-electron chi connectivity index (χ1n) is 27.5. The van der Waals surface area contributed by atoms with E-state index in [2.05, 4.69) is 39.9 Å². The van der Waals surface area contributed by atoms with Gasteiger partial charge >= 0.3 is 23.9 Å². The van der Waals surface area contributed by atoms with Crippen molar-refractivity contribution in [2.75, 3.05) is 39.5 Å². The van der Waals surface area contributed by atoms with Crippen molar-refractivity contribution < 1.29 is 57.9 Å². The lowest BCUT2D eigenvalue weighted by molar-refractivity contribution is -0.161. The maximum Gasteiger partial charge on any atom is 0.307 e. The van der Waals surface area contributed by atoms with E-state index in [1.807, 2.05) is 6.92 Å². The molecule has 1 atom stereocenters. The standard InChI is InChI=1S/C54H95NO8.2CH2O2/c1-41-10-18-45(19-11-41)9-7-33-53(5,37-60-49(56)29-26-46-20-12-42(2)13-21-46)34-8-35-55-36-32-52(59)63-40-54(6,38-61-50(57)30-27-47-22-14-43(3)15-23-47)39-62-51(58)31-28-48-24-16-44(4)17-25-48;2*2-1-3/h41-48,55H,7-40H2,1-6H3;2*1H,(H,2,3). The Hall–Kier alpha value is -3.22. The zero-order valence-electron chi connectivity index (χ0n) is 44.3. The van der Waals surface area contributed by atoms with E-state index in [9.17, 15) is 19.2 Å². The molecule has 0 spiro atoms. The van der Waals surface area contributed by atoms with Gasteiger partial charge in [0.15, 0.2) is 0 Å². The minimum atomic E-state index is -0.840. The summed E-state index contributed by atoms with van der Waals surface area (Å²) in [5.41, 5.74) is -0.911. The van der Waals surface area contributed by atoms with Gasteiger partial charge in [-0.25, -0.2) is 0 Å². The molecule has 1 unspecified atom stereocenters. The van der Waals surface area contributed by atoms with Crippen LogP contribution in [0.3, 0.4) is 0 Å². The number of nitrogens with one attached hydrogen (secondary N) is 1. The summed E-state index contributed by atoms with van der Waals surface area (Å²) in [5.74, 6) is 4.99. The van der Waals surface area contributed by atoms with Gasteiger partial charge in [0.1, 0.15) is 19.8 Å². The number of rotatable bonds is 28. The topological polar surface area (TPSA) is 192 Å². The molecule has 13 heteroatoms. The molecule has 400 valence electrons. The Morgan fingerprint density at radius 1 is 0.435 bits per heavy atom. The Morgan fingerprint density at radius 3 is 1.04 bits per heavy atom. The van der Waals surface area contributed by atoms with Crippen molar-refractivity contribution >= 4 is 36.8 Å². The lowest BCUT2D eigenvalue weighted by atomic mass is 9.77. The third-order valence-corrected chi connectivity index (χ3v) is 16.2. The second-order valence-corrected chi connectivity index (χ2v) is 23.1. The highest BCUT2D eigenvalue weighted by Crippen LogP contribution is 2.37. The van der Waals surface area contributed by atoms with E-state index in [0.29, 0.717) is 50.2 Å². The summed E-state index contributed by atoms with van der Waals surface area (Å²) in [5, 5.41) is 17.2. The summed E-state index contributed by atoms with van der Waals surface area (Å²) < 4.78 is 23.3. The number of hydrogen-bond donors (Lipinski definition) is 3. The smallest absolute Gasteiger partial charge is 0.307 e. The summed E-state index contributed by atoms with van der Waals surface area (Å²) in [6, 6.07) is 0. The SMILES string of the molecule is CC1CCC(CCCC(C)(CCCNCCC(=O)OCC(C)(COC(=O)CCC2CCC(C)CC2)COC(=O)CCC2CCC(C)CC2)COC(=O)CCC2CCC(C)CC2)CC1.O=CO.O=CO. The van der Waals surface area contributed by atoms with Crippen molar-refractivity contribution in [3.05, 3.63) is 0 Å². The Balaban J connectivity index is 0.00000258. The minimum Gasteiger partial charge on any atom is -0.483 e. The van der Waals surface area contributed by atoms with Crippen molar-refractivity contribution in [3.63, 3.8) is 0 Å². The fourth-order valence-corrected chi connectivity index (χ4v) is 10.9. The van der Waals surface area contributed by atoms with Crippen LogP contribution >= 0.6 is 0 Å². The predicted octanol–water partition coefficient (Wildman–Crippen LogP) is 12.1.